The number of carbonyl (C=O) groups is 1. The van der Waals surface area contributed by atoms with Crippen LogP contribution in [0, 0.1) is 0 Å². The first-order valence-corrected chi connectivity index (χ1v) is 7.46. The van der Waals surface area contributed by atoms with Gasteiger partial charge in [0.25, 0.3) is 0 Å². The summed E-state index contributed by atoms with van der Waals surface area (Å²) in [6.45, 7) is 4.39. The van der Waals surface area contributed by atoms with Gasteiger partial charge in [0, 0.05) is 10.9 Å². The van der Waals surface area contributed by atoms with E-state index in [0.717, 1.165) is 16.3 Å². The molecule has 1 aromatic heterocycles. The summed E-state index contributed by atoms with van der Waals surface area (Å²) in [6.07, 6.45) is 0. The number of aromatic nitrogens is 1. The molecular formula is C15H15NO4S. The Kier molecular flexibility index (Phi) is 3.33. The fourth-order valence-electron chi connectivity index (χ4n) is 1.98. The number of rotatable bonds is 3. The van der Waals surface area contributed by atoms with Crippen LogP contribution in [0.15, 0.2) is 23.6 Å². The van der Waals surface area contributed by atoms with Gasteiger partial charge >= 0.3 is 5.97 Å². The Morgan fingerprint density at radius 1 is 1.29 bits per heavy atom. The fraction of sp³-hybridized carbons (Fsp3) is 0.333. The van der Waals surface area contributed by atoms with Crippen molar-refractivity contribution in [1.29, 1.82) is 0 Å². The maximum absolute atomic E-state index is 11.3. The molecule has 1 aromatic carbocycles. The number of aliphatic carboxylic acids is 1. The Morgan fingerprint density at radius 3 is 2.71 bits per heavy atom. The van der Waals surface area contributed by atoms with Crippen LogP contribution in [-0.2, 0) is 10.2 Å². The van der Waals surface area contributed by atoms with Gasteiger partial charge in [0.2, 0.25) is 0 Å². The molecular weight excluding hydrogens is 290 g/mol. The Hall–Kier alpha value is -2.08. The quantitative estimate of drug-likeness (QED) is 0.944. The van der Waals surface area contributed by atoms with Gasteiger partial charge in [-0.1, -0.05) is 0 Å². The van der Waals surface area contributed by atoms with Crippen LogP contribution in [0.2, 0.25) is 0 Å². The molecule has 2 aromatic rings. The summed E-state index contributed by atoms with van der Waals surface area (Å²) in [5.41, 5.74) is 0.462. The first-order chi connectivity index (χ1) is 9.98. The summed E-state index contributed by atoms with van der Waals surface area (Å²) in [5.74, 6) is 0.544. The molecule has 0 aliphatic carbocycles. The maximum Gasteiger partial charge on any atom is 0.315 e. The number of carboxylic acids is 1. The lowest BCUT2D eigenvalue weighted by molar-refractivity contribution is -0.142. The molecule has 0 radical (unpaired) electrons. The van der Waals surface area contributed by atoms with Crippen LogP contribution in [0.4, 0.5) is 0 Å². The van der Waals surface area contributed by atoms with Gasteiger partial charge in [-0.2, -0.15) is 0 Å². The van der Waals surface area contributed by atoms with E-state index < -0.39 is 11.4 Å². The van der Waals surface area contributed by atoms with Crippen molar-refractivity contribution in [3.63, 3.8) is 0 Å². The van der Waals surface area contributed by atoms with Crippen LogP contribution in [0.3, 0.4) is 0 Å². The molecule has 3 rings (SSSR count). The van der Waals surface area contributed by atoms with E-state index >= 15 is 0 Å². The van der Waals surface area contributed by atoms with Crippen molar-refractivity contribution in [1.82, 2.24) is 4.98 Å². The first-order valence-electron chi connectivity index (χ1n) is 6.58. The lowest BCUT2D eigenvalue weighted by atomic mass is 9.90. The van der Waals surface area contributed by atoms with Crippen LogP contribution >= 0.6 is 11.3 Å². The van der Waals surface area contributed by atoms with Crippen molar-refractivity contribution >= 4 is 17.3 Å². The minimum atomic E-state index is -0.997. The van der Waals surface area contributed by atoms with Crippen LogP contribution in [0.25, 0.3) is 10.6 Å². The number of hydrogen-bond acceptors (Lipinski definition) is 5. The van der Waals surface area contributed by atoms with Crippen molar-refractivity contribution in [2.45, 2.75) is 19.3 Å². The second-order valence-corrected chi connectivity index (χ2v) is 6.18. The molecule has 0 amide bonds. The summed E-state index contributed by atoms with van der Waals surface area (Å²) in [5, 5.41) is 11.8. The minimum absolute atomic E-state index is 0.533. The molecule has 1 aliphatic rings. The smallest absolute Gasteiger partial charge is 0.315 e. The normalized spacial score (nSPS) is 14.0. The van der Waals surface area contributed by atoms with Crippen molar-refractivity contribution in [2.75, 3.05) is 13.2 Å². The van der Waals surface area contributed by atoms with Crippen LogP contribution < -0.4 is 9.47 Å². The zero-order chi connectivity index (χ0) is 15.0. The predicted octanol–water partition coefficient (Wildman–Crippen LogP) is 2.94. The van der Waals surface area contributed by atoms with Crippen molar-refractivity contribution < 1.29 is 19.4 Å². The van der Waals surface area contributed by atoms with Gasteiger partial charge < -0.3 is 14.6 Å². The van der Waals surface area contributed by atoms with Crippen molar-refractivity contribution in [3.8, 4) is 22.1 Å². The number of ether oxygens (including phenoxy) is 2. The SMILES string of the molecule is CC(C)(C(=O)O)c1csc(-c2ccc3c(c2)OCCO3)n1. The van der Waals surface area contributed by atoms with Crippen molar-refractivity contribution in [3.05, 3.63) is 29.3 Å². The van der Waals surface area contributed by atoms with Gasteiger partial charge in [-0.05, 0) is 32.0 Å². The first kappa shape index (κ1) is 13.9. The van der Waals surface area contributed by atoms with Gasteiger partial charge in [-0.3, -0.25) is 4.79 Å². The lowest BCUT2D eigenvalue weighted by Crippen LogP contribution is -2.28. The molecule has 2 heterocycles. The number of hydrogen-bond donors (Lipinski definition) is 1. The highest BCUT2D eigenvalue weighted by Gasteiger charge is 2.32. The zero-order valence-electron chi connectivity index (χ0n) is 11.8. The van der Waals surface area contributed by atoms with E-state index in [9.17, 15) is 9.90 Å². The second kappa shape index (κ2) is 5.04. The maximum atomic E-state index is 11.3. The number of carboxylic acid groups (broad SMARTS) is 1. The largest absolute Gasteiger partial charge is 0.486 e. The summed E-state index contributed by atoms with van der Waals surface area (Å²) in [6, 6.07) is 5.64. The molecule has 1 aliphatic heterocycles. The van der Waals surface area contributed by atoms with Gasteiger partial charge in [0.15, 0.2) is 11.5 Å². The molecule has 0 bridgehead atoms. The average Bonchev–Trinajstić information content (AvgIpc) is 2.97. The van der Waals surface area contributed by atoms with E-state index in [1.165, 1.54) is 11.3 Å². The molecule has 0 saturated heterocycles. The Balaban J connectivity index is 1.95. The summed E-state index contributed by atoms with van der Waals surface area (Å²) < 4.78 is 11.0. The molecule has 0 atom stereocenters. The average molecular weight is 305 g/mol. The van der Waals surface area contributed by atoms with Gasteiger partial charge in [-0.15, -0.1) is 11.3 Å². The van der Waals surface area contributed by atoms with E-state index in [0.29, 0.717) is 24.7 Å². The number of fused-ring (bicyclic) bond motifs is 1. The molecule has 0 unspecified atom stereocenters. The van der Waals surface area contributed by atoms with Crippen molar-refractivity contribution in [2.24, 2.45) is 0 Å². The topological polar surface area (TPSA) is 68.7 Å². The molecule has 0 fully saturated rings. The third-order valence-electron chi connectivity index (χ3n) is 3.47. The number of nitrogens with zero attached hydrogens (tertiary/aromatic N) is 1. The molecule has 110 valence electrons. The standard InChI is InChI=1S/C15H15NO4S/c1-15(2,14(17)18)12-8-21-13(16-12)9-3-4-10-11(7-9)20-6-5-19-10/h3-4,7-8H,5-6H2,1-2H3,(H,17,18). The third-order valence-corrected chi connectivity index (χ3v) is 4.36. The fourth-order valence-corrected chi connectivity index (χ4v) is 2.96. The monoisotopic (exact) mass is 305 g/mol. The molecule has 5 nitrogen and oxygen atoms in total. The van der Waals surface area contributed by atoms with Crippen LogP contribution in [0.1, 0.15) is 19.5 Å². The lowest BCUT2D eigenvalue weighted by Gasteiger charge is -2.18. The van der Waals surface area contributed by atoms with E-state index in [2.05, 4.69) is 4.98 Å². The van der Waals surface area contributed by atoms with E-state index in [1.807, 2.05) is 18.2 Å². The highest BCUT2D eigenvalue weighted by Crippen LogP contribution is 2.36. The summed E-state index contributed by atoms with van der Waals surface area (Å²) in [4.78, 5) is 15.8. The minimum Gasteiger partial charge on any atom is -0.486 e. The van der Waals surface area contributed by atoms with E-state index in [4.69, 9.17) is 9.47 Å². The van der Waals surface area contributed by atoms with Crippen LogP contribution in [-0.4, -0.2) is 29.3 Å². The molecule has 1 N–H and O–H groups in total. The van der Waals surface area contributed by atoms with Gasteiger partial charge in [0.05, 0.1) is 5.69 Å². The Bertz CT molecular complexity index is 693. The van der Waals surface area contributed by atoms with Crippen LogP contribution in [0.5, 0.6) is 11.5 Å². The second-order valence-electron chi connectivity index (χ2n) is 5.33. The number of benzene rings is 1. The van der Waals surface area contributed by atoms with Gasteiger partial charge in [0.1, 0.15) is 23.6 Å². The Morgan fingerprint density at radius 2 is 2.00 bits per heavy atom. The molecule has 0 spiro atoms. The highest BCUT2D eigenvalue weighted by atomic mass is 32.1. The third kappa shape index (κ3) is 2.47. The molecule has 6 heteroatoms. The summed E-state index contributed by atoms with van der Waals surface area (Å²) >= 11 is 1.43. The van der Waals surface area contributed by atoms with Gasteiger partial charge in [-0.25, -0.2) is 4.98 Å². The summed E-state index contributed by atoms with van der Waals surface area (Å²) in [7, 11) is 0. The Labute approximate surface area is 126 Å². The van der Waals surface area contributed by atoms with E-state index in [1.54, 1.807) is 19.2 Å². The molecule has 0 saturated carbocycles. The zero-order valence-corrected chi connectivity index (χ0v) is 12.6. The molecule has 21 heavy (non-hydrogen) atoms. The predicted molar refractivity (Wildman–Crippen MR) is 79.2 cm³/mol. The number of thiazole rings is 1. The highest BCUT2D eigenvalue weighted by molar-refractivity contribution is 7.13. The van der Waals surface area contributed by atoms with E-state index in [-0.39, 0.29) is 0 Å².